The van der Waals surface area contributed by atoms with Crippen molar-refractivity contribution in [3.8, 4) is 44.3 Å². The Morgan fingerprint density at radius 3 is 2.05 bits per heavy atom. The Hall–Kier alpha value is -6.99. The van der Waals surface area contributed by atoms with Gasteiger partial charge in [0.2, 0.25) is 0 Å². The summed E-state index contributed by atoms with van der Waals surface area (Å²) in [7, 11) is 0. The third kappa shape index (κ3) is 4.51. The Morgan fingerprint density at radius 1 is 0.404 bits per heavy atom. The molecule has 13 rings (SSSR count). The van der Waals surface area contributed by atoms with Crippen LogP contribution in [0.2, 0.25) is 0 Å². The van der Waals surface area contributed by atoms with Gasteiger partial charge in [-0.15, -0.1) is 22.7 Å². The lowest BCUT2D eigenvalue weighted by Crippen LogP contribution is -1.95. The van der Waals surface area contributed by atoms with E-state index >= 15 is 0 Å². The number of para-hydroxylation sites is 2. The van der Waals surface area contributed by atoms with Crippen molar-refractivity contribution in [1.82, 2.24) is 19.4 Å². The first-order valence-corrected chi connectivity index (χ1v) is 20.7. The van der Waals surface area contributed by atoms with E-state index in [0.717, 1.165) is 60.8 Å². The van der Waals surface area contributed by atoms with Crippen molar-refractivity contribution in [1.29, 1.82) is 0 Å². The fraction of sp³-hybridized carbons (Fsp3) is 0. The van der Waals surface area contributed by atoms with Crippen molar-refractivity contribution in [3.05, 3.63) is 170 Å². The Morgan fingerprint density at radius 2 is 1.12 bits per heavy atom. The molecule has 6 heteroatoms. The number of benzene rings is 8. The van der Waals surface area contributed by atoms with Crippen LogP contribution in [0.1, 0.15) is 0 Å². The van der Waals surface area contributed by atoms with E-state index in [4.69, 9.17) is 15.0 Å². The van der Waals surface area contributed by atoms with Crippen LogP contribution >= 0.6 is 22.7 Å². The molecule has 0 bridgehead atoms. The highest BCUT2D eigenvalue weighted by molar-refractivity contribution is 7.26. The summed E-state index contributed by atoms with van der Waals surface area (Å²) < 4.78 is 6.21. The molecule has 0 fully saturated rings. The molecule has 0 saturated heterocycles. The molecule has 0 aliphatic rings. The highest BCUT2D eigenvalue weighted by Crippen LogP contribution is 2.47. The highest BCUT2D eigenvalue weighted by atomic mass is 32.1. The summed E-state index contributed by atoms with van der Waals surface area (Å²) >= 11 is 3.62. The zero-order chi connectivity index (χ0) is 37.2. The summed E-state index contributed by atoms with van der Waals surface area (Å²) in [5.74, 6) is 0.719. The van der Waals surface area contributed by atoms with Gasteiger partial charge in [-0.1, -0.05) is 127 Å². The van der Waals surface area contributed by atoms with Gasteiger partial charge in [-0.3, -0.25) is 0 Å². The number of thiophene rings is 1. The molecule has 8 aromatic carbocycles. The fourth-order valence-corrected chi connectivity index (χ4v) is 11.3. The van der Waals surface area contributed by atoms with Crippen LogP contribution in [0.15, 0.2) is 170 Å². The van der Waals surface area contributed by atoms with Gasteiger partial charge in [-0.2, -0.15) is 0 Å². The van der Waals surface area contributed by atoms with Crippen LogP contribution in [0.4, 0.5) is 0 Å². The zero-order valence-corrected chi connectivity index (χ0v) is 31.9. The predicted molar refractivity (Wildman–Crippen MR) is 242 cm³/mol. The van der Waals surface area contributed by atoms with Gasteiger partial charge in [0.05, 0.1) is 38.0 Å². The average molecular weight is 761 g/mol. The molecule has 0 spiro atoms. The van der Waals surface area contributed by atoms with Gasteiger partial charge in [0.15, 0.2) is 5.82 Å². The number of rotatable bonds is 4. The molecule has 5 aromatic heterocycles. The van der Waals surface area contributed by atoms with E-state index < -0.39 is 0 Å². The van der Waals surface area contributed by atoms with Gasteiger partial charge < -0.3 is 4.40 Å². The van der Waals surface area contributed by atoms with Crippen LogP contribution in [0, 0.1) is 0 Å². The topological polar surface area (TPSA) is 43.1 Å². The maximum atomic E-state index is 5.38. The summed E-state index contributed by atoms with van der Waals surface area (Å²) in [6.07, 6.45) is 0. The summed E-state index contributed by atoms with van der Waals surface area (Å²) in [5, 5.41) is 9.64. The van der Waals surface area contributed by atoms with Gasteiger partial charge in [0, 0.05) is 63.8 Å². The molecule has 0 aliphatic carbocycles. The zero-order valence-electron chi connectivity index (χ0n) is 30.3. The van der Waals surface area contributed by atoms with Crippen molar-refractivity contribution in [3.63, 3.8) is 0 Å². The normalized spacial score (nSPS) is 12.2. The molecule has 4 nitrogen and oxygen atoms in total. The number of aromatic nitrogens is 4. The van der Waals surface area contributed by atoms with E-state index in [1.54, 1.807) is 11.3 Å². The van der Waals surface area contributed by atoms with Gasteiger partial charge in [-0.25, -0.2) is 15.0 Å². The first-order valence-electron chi connectivity index (χ1n) is 19.1. The van der Waals surface area contributed by atoms with E-state index in [2.05, 4.69) is 174 Å². The molecule has 0 saturated carbocycles. The van der Waals surface area contributed by atoms with Crippen LogP contribution in [0.5, 0.6) is 0 Å². The molecular formula is C51H28N4S2. The Labute approximate surface area is 333 Å². The molecule has 57 heavy (non-hydrogen) atoms. The summed E-state index contributed by atoms with van der Waals surface area (Å²) in [6, 6.07) is 60.9. The Bertz CT molecular complexity index is 3760. The lowest BCUT2D eigenvalue weighted by Gasteiger charge is -2.11. The van der Waals surface area contributed by atoms with Crippen molar-refractivity contribution in [2.24, 2.45) is 0 Å². The van der Waals surface area contributed by atoms with Crippen molar-refractivity contribution in [2.45, 2.75) is 0 Å². The molecule has 0 N–H and O–H groups in total. The summed E-state index contributed by atoms with van der Waals surface area (Å²) in [4.78, 5) is 15.8. The second kappa shape index (κ2) is 11.8. The van der Waals surface area contributed by atoms with E-state index in [1.165, 1.54) is 63.0 Å². The molecule has 0 atom stereocenters. The van der Waals surface area contributed by atoms with Gasteiger partial charge in [0.25, 0.3) is 0 Å². The summed E-state index contributed by atoms with van der Waals surface area (Å²) in [5.41, 5.74) is 12.2. The number of nitrogens with zero attached hydrogens (tertiary/aromatic N) is 4. The minimum atomic E-state index is 0.719. The monoisotopic (exact) mass is 760 g/mol. The van der Waals surface area contributed by atoms with E-state index in [1.807, 2.05) is 11.3 Å². The Balaban J connectivity index is 1.01. The maximum Gasteiger partial charge on any atom is 0.160 e. The molecule has 13 aromatic rings. The molecule has 264 valence electrons. The number of hydrogen-bond donors (Lipinski definition) is 0. The number of hydrogen-bond acceptors (Lipinski definition) is 5. The second-order valence-corrected chi connectivity index (χ2v) is 16.8. The predicted octanol–water partition coefficient (Wildman–Crippen LogP) is 14.4. The SMILES string of the molecule is c1ccc(-c2nc3cc4c5ccccc5n5c6ccc(-c7cccc(-c8nc(-c9cccc%10c9sc9ccccc9%10)c9ccccc9n8)c7)cc6c(c3s2)c45)cc1. The molecule has 0 aliphatic heterocycles. The van der Waals surface area contributed by atoms with Gasteiger partial charge in [-0.05, 0) is 53.6 Å². The number of fused-ring (bicyclic) bond motifs is 12. The minimum Gasteiger partial charge on any atom is -0.308 e. The number of thiazole rings is 1. The first kappa shape index (κ1) is 31.2. The van der Waals surface area contributed by atoms with Crippen LogP contribution in [-0.2, 0) is 0 Å². The van der Waals surface area contributed by atoms with Gasteiger partial charge in [0.1, 0.15) is 5.01 Å². The fourth-order valence-electron chi connectivity index (χ4n) is 9.01. The van der Waals surface area contributed by atoms with E-state index in [0.29, 0.717) is 0 Å². The molecule has 5 heterocycles. The van der Waals surface area contributed by atoms with Crippen LogP contribution < -0.4 is 0 Å². The lowest BCUT2D eigenvalue weighted by molar-refractivity contribution is 1.23. The van der Waals surface area contributed by atoms with E-state index in [-0.39, 0.29) is 0 Å². The molecule has 0 unspecified atom stereocenters. The standard InChI is InChI=1S/C51H28N4S2/c1-2-12-29(13-3-1)51-53-41-28-38-33-16-5-8-22-42(33)55-43-25-24-31(27-39(43)45(47(38)55)49(41)57-51)30-14-10-15-32(26-30)50-52-40-21-7-4-18-36(40)46(54-50)37-20-11-19-35-34-17-6-9-23-44(34)56-48(35)37/h1-28H. The molecule has 0 amide bonds. The largest absolute Gasteiger partial charge is 0.308 e. The summed E-state index contributed by atoms with van der Waals surface area (Å²) in [6.45, 7) is 0. The quantitative estimate of drug-likeness (QED) is 0.179. The van der Waals surface area contributed by atoms with Crippen molar-refractivity contribution in [2.75, 3.05) is 0 Å². The molecule has 0 radical (unpaired) electrons. The van der Waals surface area contributed by atoms with Crippen LogP contribution in [0.3, 0.4) is 0 Å². The third-order valence-corrected chi connectivity index (χ3v) is 13.9. The maximum absolute atomic E-state index is 5.38. The highest BCUT2D eigenvalue weighted by Gasteiger charge is 2.23. The van der Waals surface area contributed by atoms with Crippen LogP contribution in [-0.4, -0.2) is 19.4 Å². The smallest absolute Gasteiger partial charge is 0.160 e. The van der Waals surface area contributed by atoms with Gasteiger partial charge >= 0.3 is 0 Å². The van der Waals surface area contributed by atoms with Crippen LogP contribution in [0.25, 0.3) is 124 Å². The third-order valence-electron chi connectivity index (χ3n) is 11.6. The Kier molecular flexibility index (Phi) is 6.45. The van der Waals surface area contributed by atoms with Crippen molar-refractivity contribution < 1.29 is 0 Å². The molecular weight excluding hydrogens is 733 g/mol. The minimum absolute atomic E-state index is 0.719. The van der Waals surface area contributed by atoms with Crippen molar-refractivity contribution >= 4 is 102 Å². The second-order valence-electron chi connectivity index (χ2n) is 14.7. The first-order chi connectivity index (χ1) is 28.2. The lowest BCUT2D eigenvalue weighted by atomic mass is 9.99. The van der Waals surface area contributed by atoms with E-state index in [9.17, 15) is 0 Å². The average Bonchev–Trinajstić information content (AvgIpc) is 4.04.